The van der Waals surface area contributed by atoms with Gasteiger partial charge in [-0.3, -0.25) is 14.9 Å². The molecule has 1 aliphatic heterocycles. The Labute approximate surface area is 163 Å². The molecule has 1 saturated heterocycles. The third-order valence-electron chi connectivity index (χ3n) is 4.36. The van der Waals surface area contributed by atoms with Crippen LogP contribution in [0, 0.1) is 10.1 Å². The van der Waals surface area contributed by atoms with E-state index in [1.165, 1.54) is 30.5 Å². The SMILES string of the molecule is O=C(c1ccc(OCC(F)(F)F)nc1)N1CCN(c2ccc([N+](=O)[O-])cc2)CC1. The summed E-state index contributed by atoms with van der Waals surface area (Å²) in [5, 5.41) is 10.7. The molecule has 1 amide bonds. The van der Waals surface area contributed by atoms with Gasteiger partial charge in [-0.05, 0) is 18.2 Å². The van der Waals surface area contributed by atoms with E-state index in [0.717, 1.165) is 5.69 Å². The van der Waals surface area contributed by atoms with E-state index in [4.69, 9.17) is 0 Å². The van der Waals surface area contributed by atoms with E-state index in [0.29, 0.717) is 26.2 Å². The van der Waals surface area contributed by atoms with Gasteiger partial charge in [0.1, 0.15) is 0 Å². The molecule has 0 spiro atoms. The average molecular weight is 410 g/mol. The lowest BCUT2D eigenvalue weighted by Crippen LogP contribution is -2.48. The molecule has 1 fully saturated rings. The molecule has 0 unspecified atom stereocenters. The molecule has 3 rings (SSSR count). The Hall–Kier alpha value is -3.37. The molecule has 0 aliphatic carbocycles. The van der Waals surface area contributed by atoms with E-state index in [1.54, 1.807) is 17.0 Å². The van der Waals surface area contributed by atoms with Crippen molar-refractivity contribution in [3.05, 3.63) is 58.3 Å². The Kier molecular flexibility index (Phi) is 5.85. The standard InChI is InChI=1S/C18H17F3N4O4/c19-18(20,21)12-29-16-6-1-13(11-22-16)17(26)24-9-7-23(8-10-24)14-2-4-15(5-3-14)25(27)28/h1-6,11H,7-10,12H2. The number of hydrogen-bond donors (Lipinski definition) is 0. The van der Waals surface area contributed by atoms with Crippen LogP contribution in [-0.2, 0) is 0 Å². The lowest BCUT2D eigenvalue weighted by Gasteiger charge is -2.36. The van der Waals surface area contributed by atoms with Crippen LogP contribution in [0.15, 0.2) is 42.6 Å². The number of pyridine rings is 1. The third kappa shape index (κ3) is 5.33. The molecule has 154 valence electrons. The summed E-state index contributed by atoms with van der Waals surface area (Å²) in [5.74, 6) is -0.481. The number of benzene rings is 1. The third-order valence-corrected chi connectivity index (χ3v) is 4.36. The van der Waals surface area contributed by atoms with Crippen molar-refractivity contribution < 1.29 is 27.6 Å². The smallest absolute Gasteiger partial charge is 0.422 e. The van der Waals surface area contributed by atoms with Crippen LogP contribution < -0.4 is 9.64 Å². The van der Waals surface area contributed by atoms with Crippen molar-refractivity contribution in [1.29, 1.82) is 0 Å². The van der Waals surface area contributed by atoms with E-state index < -0.39 is 17.7 Å². The number of nitro benzene ring substituents is 1. The largest absolute Gasteiger partial charge is 0.468 e. The fourth-order valence-electron chi connectivity index (χ4n) is 2.88. The Balaban J connectivity index is 1.55. The number of hydrogen-bond acceptors (Lipinski definition) is 6. The number of rotatable bonds is 5. The maximum absolute atomic E-state index is 12.6. The number of nitrogens with zero attached hydrogens (tertiary/aromatic N) is 4. The summed E-state index contributed by atoms with van der Waals surface area (Å²) in [6.45, 7) is 0.510. The molecule has 11 heteroatoms. The minimum atomic E-state index is -4.46. The van der Waals surface area contributed by atoms with Gasteiger partial charge in [0.25, 0.3) is 11.6 Å². The average Bonchev–Trinajstić information content (AvgIpc) is 2.72. The molecule has 1 aromatic heterocycles. The van der Waals surface area contributed by atoms with E-state index in [1.807, 2.05) is 4.90 Å². The van der Waals surface area contributed by atoms with Crippen LogP contribution >= 0.6 is 0 Å². The molecular formula is C18H17F3N4O4. The van der Waals surface area contributed by atoms with Crippen molar-refractivity contribution in [3.63, 3.8) is 0 Å². The number of ether oxygens (including phenoxy) is 1. The molecule has 0 saturated carbocycles. The molecule has 2 heterocycles. The van der Waals surface area contributed by atoms with Crippen molar-refractivity contribution in [2.45, 2.75) is 6.18 Å². The van der Waals surface area contributed by atoms with Crippen LogP contribution in [0.5, 0.6) is 5.88 Å². The number of amides is 1. The summed E-state index contributed by atoms with van der Waals surface area (Å²) in [4.78, 5) is 30.2. The molecule has 1 aromatic carbocycles. The summed E-state index contributed by atoms with van der Waals surface area (Å²) in [5.41, 5.74) is 1.10. The van der Waals surface area contributed by atoms with E-state index in [9.17, 15) is 28.1 Å². The highest BCUT2D eigenvalue weighted by Crippen LogP contribution is 2.21. The maximum atomic E-state index is 12.6. The maximum Gasteiger partial charge on any atom is 0.422 e. The van der Waals surface area contributed by atoms with Gasteiger partial charge in [-0.25, -0.2) is 4.98 Å². The molecule has 0 N–H and O–H groups in total. The Morgan fingerprint density at radius 3 is 2.28 bits per heavy atom. The van der Waals surface area contributed by atoms with Crippen LogP contribution in [0.2, 0.25) is 0 Å². The first-order valence-electron chi connectivity index (χ1n) is 8.67. The minimum Gasteiger partial charge on any atom is -0.468 e. The van der Waals surface area contributed by atoms with Crippen molar-refractivity contribution >= 4 is 17.3 Å². The van der Waals surface area contributed by atoms with Crippen LogP contribution in [0.25, 0.3) is 0 Å². The highest BCUT2D eigenvalue weighted by molar-refractivity contribution is 5.94. The predicted octanol–water partition coefficient (Wildman–Crippen LogP) is 2.89. The van der Waals surface area contributed by atoms with Gasteiger partial charge in [-0.1, -0.05) is 0 Å². The second-order valence-corrected chi connectivity index (χ2v) is 6.34. The summed E-state index contributed by atoms with van der Waals surface area (Å²) >= 11 is 0. The Morgan fingerprint density at radius 1 is 1.10 bits per heavy atom. The number of carbonyl (C=O) groups excluding carboxylic acids is 1. The molecule has 1 aliphatic rings. The zero-order valence-corrected chi connectivity index (χ0v) is 15.1. The summed E-state index contributed by atoms with van der Waals surface area (Å²) in [7, 11) is 0. The van der Waals surface area contributed by atoms with Crippen molar-refractivity contribution in [2.24, 2.45) is 0 Å². The second-order valence-electron chi connectivity index (χ2n) is 6.34. The molecule has 8 nitrogen and oxygen atoms in total. The van der Waals surface area contributed by atoms with Gasteiger partial charge in [0.05, 0.1) is 10.5 Å². The fraction of sp³-hybridized carbons (Fsp3) is 0.333. The Morgan fingerprint density at radius 2 is 1.76 bits per heavy atom. The second kappa shape index (κ2) is 8.33. The predicted molar refractivity (Wildman–Crippen MR) is 97.0 cm³/mol. The zero-order chi connectivity index (χ0) is 21.0. The fourth-order valence-corrected chi connectivity index (χ4v) is 2.88. The molecule has 2 aromatic rings. The van der Waals surface area contributed by atoms with Gasteiger partial charge >= 0.3 is 6.18 Å². The van der Waals surface area contributed by atoms with Gasteiger partial charge in [0, 0.05) is 56.3 Å². The number of alkyl halides is 3. The number of carbonyl (C=O) groups is 1. The van der Waals surface area contributed by atoms with Gasteiger partial charge in [-0.15, -0.1) is 0 Å². The number of halogens is 3. The molecule has 0 bridgehead atoms. The topological polar surface area (TPSA) is 88.8 Å². The number of piperazine rings is 1. The number of anilines is 1. The minimum absolute atomic E-state index is 0.0118. The quantitative estimate of drug-likeness (QED) is 0.556. The molecular weight excluding hydrogens is 393 g/mol. The van der Waals surface area contributed by atoms with Gasteiger partial charge in [0.2, 0.25) is 5.88 Å². The highest BCUT2D eigenvalue weighted by atomic mass is 19.4. The van der Waals surface area contributed by atoms with Gasteiger partial charge in [0.15, 0.2) is 6.61 Å². The summed E-state index contributed by atoms with van der Waals surface area (Å²) in [6, 6.07) is 8.80. The van der Waals surface area contributed by atoms with E-state index in [2.05, 4.69) is 9.72 Å². The van der Waals surface area contributed by atoms with E-state index in [-0.39, 0.29) is 23.0 Å². The monoisotopic (exact) mass is 410 g/mol. The van der Waals surface area contributed by atoms with Gasteiger partial charge < -0.3 is 14.5 Å². The number of non-ortho nitro benzene ring substituents is 1. The first-order valence-corrected chi connectivity index (χ1v) is 8.67. The lowest BCUT2D eigenvalue weighted by molar-refractivity contribution is -0.384. The molecule has 0 radical (unpaired) electrons. The van der Waals surface area contributed by atoms with Crippen molar-refractivity contribution in [3.8, 4) is 5.88 Å². The van der Waals surface area contributed by atoms with Crippen LogP contribution in [0.4, 0.5) is 24.5 Å². The Bertz CT molecular complexity index is 864. The lowest BCUT2D eigenvalue weighted by atomic mass is 10.2. The highest BCUT2D eigenvalue weighted by Gasteiger charge is 2.29. The van der Waals surface area contributed by atoms with E-state index >= 15 is 0 Å². The molecule has 0 atom stereocenters. The van der Waals surface area contributed by atoms with Crippen molar-refractivity contribution in [2.75, 3.05) is 37.7 Å². The first-order chi connectivity index (χ1) is 13.7. The van der Waals surface area contributed by atoms with Gasteiger partial charge in [-0.2, -0.15) is 13.2 Å². The van der Waals surface area contributed by atoms with Crippen LogP contribution in [0.3, 0.4) is 0 Å². The number of nitro groups is 1. The normalized spacial score (nSPS) is 14.6. The van der Waals surface area contributed by atoms with Crippen LogP contribution in [-0.4, -0.2) is 59.7 Å². The zero-order valence-electron chi connectivity index (χ0n) is 15.1. The number of aromatic nitrogens is 1. The van der Waals surface area contributed by atoms with Crippen LogP contribution in [0.1, 0.15) is 10.4 Å². The molecule has 29 heavy (non-hydrogen) atoms. The first kappa shape index (κ1) is 20.4. The summed E-state index contributed by atoms with van der Waals surface area (Å²) in [6.07, 6.45) is -3.27. The van der Waals surface area contributed by atoms with Crippen molar-refractivity contribution in [1.82, 2.24) is 9.88 Å². The summed E-state index contributed by atoms with van der Waals surface area (Å²) < 4.78 is 41.0.